The smallest absolute Gasteiger partial charge is 0.263 e. The number of nitrogens with one attached hydrogen (secondary N) is 1. The second-order valence-corrected chi connectivity index (χ2v) is 9.25. The van der Waals surface area contributed by atoms with Crippen LogP contribution in [0.4, 0.5) is 17.6 Å². The highest BCUT2D eigenvalue weighted by atomic mass is 35.5. The van der Waals surface area contributed by atoms with E-state index in [0.717, 1.165) is 12.8 Å². The molecular weight excluding hydrogens is 467 g/mol. The second-order valence-electron chi connectivity index (χ2n) is 8.44. The van der Waals surface area contributed by atoms with Crippen molar-refractivity contribution in [2.24, 2.45) is 5.92 Å². The van der Waals surface area contributed by atoms with Gasteiger partial charge in [-0.25, -0.2) is 4.98 Å². The Morgan fingerprint density at radius 1 is 1.18 bits per heavy atom. The molecule has 0 radical (unpaired) electrons. The second kappa shape index (κ2) is 8.02. The number of nitrogens with zero attached hydrogens (tertiary/aromatic N) is 5. The van der Waals surface area contributed by atoms with Gasteiger partial charge in [0.1, 0.15) is 23.3 Å². The highest BCUT2D eigenvalue weighted by Crippen LogP contribution is 2.45. The summed E-state index contributed by atoms with van der Waals surface area (Å²) in [6.07, 6.45) is 2.14. The zero-order valence-corrected chi connectivity index (χ0v) is 18.8. The summed E-state index contributed by atoms with van der Waals surface area (Å²) in [4.78, 5) is 26.5. The summed E-state index contributed by atoms with van der Waals surface area (Å²) < 4.78 is 1.59. The molecule has 12 heteroatoms. The largest absolute Gasteiger partial charge is 0.393 e. The molecule has 5 rings (SSSR count). The fourth-order valence-corrected chi connectivity index (χ4v) is 4.70. The van der Waals surface area contributed by atoms with Crippen LogP contribution in [-0.4, -0.2) is 30.7 Å². The van der Waals surface area contributed by atoms with Gasteiger partial charge in [-0.3, -0.25) is 9.36 Å². The lowest BCUT2D eigenvalue weighted by Crippen LogP contribution is -2.40. The Balaban J connectivity index is 1.72. The van der Waals surface area contributed by atoms with Crippen LogP contribution in [0.25, 0.3) is 10.9 Å². The first-order valence-electron chi connectivity index (χ1n) is 10.5. The van der Waals surface area contributed by atoms with Crippen LogP contribution in [0.15, 0.2) is 16.9 Å². The van der Waals surface area contributed by atoms with Gasteiger partial charge in [0.05, 0.1) is 33.1 Å². The van der Waals surface area contributed by atoms with Gasteiger partial charge in [-0.2, -0.15) is 15.2 Å². The van der Waals surface area contributed by atoms with E-state index in [1.54, 1.807) is 16.7 Å². The van der Waals surface area contributed by atoms with Crippen molar-refractivity contribution in [1.29, 1.82) is 5.26 Å². The summed E-state index contributed by atoms with van der Waals surface area (Å²) in [6, 6.07) is 4.45. The van der Waals surface area contributed by atoms with Crippen molar-refractivity contribution in [3.8, 4) is 6.07 Å². The third kappa shape index (κ3) is 3.72. The molecule has 1 atom stereocenters. The number of nitrogens with two attached hydrogens (primary N) is 2. The molecule has 0 amide bonds. The van der Waals surface area contributed by atoms with E-state index in [1.807, 2.05) is 6.07 Å². The van der Waals surface area contributed by atoms with E-state index in [9.17, 15) is 15.2 Å². The van der Waals surface area contributed by atoms with Crippen LogP contribution in [0.1, 0.15) is 49.2 Å². The number of nitriles is 1. The average molecular weight is 487 g/mol. The van der Waals surface area contributed by atoms with Gasteiger partial charge in [0.15, 0.2) is 5.82 Å². The van der Waals surface area contributed by atoms with Gasteiger partial charge in [0, 0.05) is 6.04 Å². The molecule has 170 valence electrons. The fourth-order valence-electron chi connectivity index (χ4n) is 4.27. The Morgan fingerprint density at radius 2 is 1.88 bits per heavy atom. The lowest BCUT2D eigenvalue weighted by Gasteiger charge is -2.36. The van der Waals surface area contributed by atoms with Crippen molar-refractivity contribution in [2.45, 2.75) is 43.9 Å². The lowest BCUT2D eigenvalue weighted by molar-refractivity contribution is 0.0451. The number of aliphatic hydroxyl groups is 1. The minimum atomic E-state index is -0.487. The molecule has 3 aromatic rings. The predicted octanol–water partition coefficient (Wildman–Crippen LogP) is 2.79. The summed E-state index contributed by atoms with van der Waals surface area (Å²) >= 11 is 12.8. The van der Waals surface area contributed by atoms with Gasteiger partial charge in [0.25, 0.3) is 5.56 Å². The molecule has 2 saturated carbocycles. The van der Waals surface area contributed by atoms with E-state index in [-0.39, 0.29) is 51.1 Å². The van der Waals surface area contributed by atoms with Gasteiger partial charge < -0.3 is 21.9 Å². The maximum Gasteiger partial charge on any atom is 0.263 e. The number of anilines is 3. The van der Waals surface area contributed by atoms with Crippen molar-refractivity contribution in [1.82, 2.24) is 19.5 Å². The van der Waals surface area contributed by atoms with Crippen LogP contribution in [0.3, 0.4) is 0 Å². The number of hydrogen-bond acceptors (Lipinski definition) is 9. The van der Waals surface area contributed by atoms with Crippen LogP contribution in [0.5, 0.6) is 0 Å². The van der Waals surface area contributed by atoms with E-state index >= 15 is 0 Å². The Labute approximate surface area is 198 Å². The molecule has 0 bridgehead atoms. The maximum atomic E-state index is 13.6. The van der Waals surface area contributed by atoms with E-state index in [2.05, 4.69) is 15.3 Å². The minimum Gasteiger partial charge on any atom is -0.393 e. The van der Waals surface area contributed by atoms with Crippen LogP contribution < -0.4 is 22.3 Å². The molecule has 2 fully saturated rings. The molecule has 0 spiro atoms. The van der Waals surface area contributed by atoms with Crippen molar-refractivity contribution in [3.05, 3.63) is 43.9 Å². The quantitative estimate of drug-likeness (QED) is 0.423. The Kier molecular flexibility index (Phi) is 5.28. The van der Waals surface area contributed by atoms with E-state index in [0.29, 0.717) is 29.2 Å². The van der Waals surface area contributed by atoms with Crippen molar-refractivity contribution >= 4 is 51.7 Å². The number of halogens is 2. The minimum absolute atomic E-state index is 0.0390. The summed E-state index contributed by atoms with van der Waals surface area (Å²) in [5.74, 6) is 0.626. The van der Waals surface area contributed by atoms with Crippen molar-refractivity contribution in [2.75, 3.05) is 16.8 Å². The molecule has 33 heavy (non-hydrogen) atoms. The SMILES string of the molecule is N#Cc1c(N)nc(N)nc1N[C@H](c1nc2c(Cl)ccc(Cl)c2c(=O)n1[C@H]1C[C@H](O)C1)C1CC1. The highest BCUT2D eigenvalue weighted by Gasteiger charge is 2.40. The molecule has 2 aliphatic carbocycles. The zero-order chi connectivity index (χ0) is 23.4. The van der Waals surface area contributed by atoms with Crippen LogP contribution in [-0.2, 0) is 0 Å². The first-order valence-corrected chi connectivity index (χ1v) is 11.2. The first-order chi connectivity index (χ1) is 15.8. The molecule has 0 aliphatic heterocycles. The van der Waals surface area contributed by atoms with Gasteiger partial charge in [-0.15, -0.1) is 0 Å². The molecule has 2 aliphatic rings. The third-order valence-electron chi connectivity index (χ3n) is 6.17. The van der Waals surface area contributed by atoms with Gasteiger partial charge in [-0.1, -0.05) is 23.2 Å². The van der Waals surface area contributed by atoms with Crippen LogP contribution in [0.2, 0.25) is 10.0 Å². The number of hydrogen-bond donors (Lipinski definition) is 4. The van der Waals surface area contributed by atoms with Gasteiger partial charge in [-0.05, 0) is 43.7 Å². The fraction of sp³-hybridized carbons (Fsp3) is 0.381. The summed E-state index contributed by atoms with van der Waals surface area (Å²) in [6.45, 7) is 0. The monoisotopic (exact) mass is 486 g/mol. The predicted molar refractivity (Wildman–Crippen MR) is 125 cm³/mol. The normalized spacial score (nSPS) is 20.8. The van der Waals surface area contributed by atoms with E-state index in [4.69, 9.17) is 39.7 Å². The summed E-state index contributed by atoms with van der Waals surface area (Å²) in [5.41, 5.74) is 11.7. The lowest BCUT2D eigenvalue weighted by atomic mass is 9.88. The Bertz CT molecular complexity index is 1380. The number of aliphatic hydroxyl groups excluding tert-OH is 1. The standard InChI is InChI=1S/C21H20Cl2N8O2/c22-12-3-4-13(23)16-14(12)20(33)31(9-5-10(32)6-9)19(28-16)15(8-1-2-8)27-18-11(7-24)17(25)29-21(26)30-18/h3-4,8-10,15,32H,1-2,5-6H2,(H5,25,26,27,29,30)/t9-,10-,15-/m0/s1. The van der Waals surface area contributed by atoms with Gasteiger partial charge in [0.2, 0.25) is 5.95 Å². The number of aromatic nitrogens is 4. The Hall–Kier alpha value is -3.13. The number of nitrogen functional groups attached to an aromatic ring is 2. The molecule has 0 unspecified atom stereocenters. The molecule has 0 saturated heterocycles. The number of benzene rings is 1. The number of fused-ring (bicyclic) bond motifs is 1. The molecule has 10 nitrogen and oxygen atoms in total. The Morgan fingerprint density at radius 3 is 2.52 bits per heavy atom. The van der Waals surface area contributed by atoms with Crippen LogP contribution in [0, 0.1) is 17.2 Å². The molecule has 1 aromatic carbocycles. The maximum absolute atomic E-state index is 13.6. The third-order valence-corrected chi connectivity index (χ3v) is 6.79. The van der Waals surface area contributed by atoms with Crippen molar-refractivity contribution in [3.63, 3.8) is 0 Å². The highest BCUT2D eigenvalue weighted by molar-refractivity contribution is 6.39. The van der Waals surface area contributed by atoms with E-state index < -0.39 is 12.1 Å². The topological polar surface area (TPSA) is 169 Å². The average Bonchev–Trinajstić information content (AvgIpc) is 3.57. The van der Waals surface area contributed by atoms with Crippen molar-refractivity contribution < 1.29 is 5.11 Å². The van der Waals surface area contributed by atoms with Gasteiger partial charge >= 0.3 is 0 Å². The zero-order valence-electron chi connectivity index (χ0n) is 17.3. The molecule has 2 heterocycles. The van der Waals surface area contributed by atoms with E-state index in [1.165, 1.54) is 0 Å². The summed E-state index contributed by atoms with van der Waals surface area (Å²) in [5, 5.41) is 23.5. The first kappa shape index (κ1) is 21.7. The molecule has 6 N–H and O–H groups in total. The number of rotatable bonds is 5. The molecule has 2 aromatic heterocycles. The van der Waals surface area contributed by atoms with Crippen LogP contribution >= 0.6 is 23.2 Å². The summed E-state index contributed by atoms with van der Waals surface area (Å²) in [7, 11) is 0. The molecular formula is C21H20Cl2N8O2.